The zero-order valence-corrected chi connectivity index (χ0v) is 13.5. The molecule has 0 aliphatic carbocycles. The van der Waals surface area contributed by atoms with Gasteiger partial charge in [-0.2, -0.15) is 0 Å². The van der Waals surface area contributed by atoms with E-state index in [-0.39, 0.29) is 5.12 Å². The molecule has 0 aromatic heterocycles. The van der Waals surface area contributed by atoms with Gasteiger partial charge in [0, 0.05) is 11.4 Å². The Balaban J connectivity index is 2.24. The van der Waals surface area contributed by atoms with Crippen LogP contribution in [0.15, 0.2) is 48.5 Å². The fraction of sp³-hybridized carbons (Fsp3) is 0.176. The summed E-state index contributed by atoms with van der Waals surface area (Å²) in [5.74, 6) is -1.01. The molecule has 0 saturated carbocycles. The van der Waals surface area contributed by atoms with Crippen LogP contribution in [0.2, 0.25) is 5.02 Å². The second-order valence-electron chi connectivity index (χ2n) is 4.69. The van der Waals surface area contributed by atoms with Crippen molar-refractivity contribution < 1.29 is 14.7 Å². The molecule has 5 heteroatoms. The Morgan fingerprint density at radius 3 is 2.00 bits per heavy atom. The lowest BCUT2D eigenvalue weighted by Crippen LogP contribution is -2.10. The summed E-state index contributed by atoms with van der Waals surface area (Å²) in [4.78, 5) is 22.9. The molecule has 0 radical (unpaired) electrons. The number of hydrogen-bond acceptors (Lipinski definition) is 3. The van der Waals surface area contributed by atoms with E-state index in [1.807, 2.05) is 24.3 Å². The summed E-state index contributed by atoms with van der Waals surface area (Å²) in [6.45, 7) is 1.72. The van der Waals surface area contributed by atoms with E-state index < -0.39 is 11.2 Å². The largest absolute Gasteiger partial charge is 0.480 e. The van der Waals surface area contributed by atoms with Crippen LogP contribution in [-0.2, 0) is 9.59 Å². The number of aliphatic carboxylic acids is 1. The first-order valence-electron chi connectivity index (χ1n) is 6.79. The predicted octanol–water partition coefficient (Wildman–Crippen LogP) is 4.80. The second kappa shape index (κ2) is 7.47. The molecule has 114 valence electrons. The molecule has 2 aromatic rings. The summed E-state index contributed by atoms with van der Waals surface area (Å²) in [5, 5.41) is 8.97. The van der Waals surface area contributed by atoms with Crippen molar-refractivity contribution in [1.29, 1.82) is 0 Å². The van der Waals surface area contributed by atoms with Crippen LogP contribution in [0.5, 0.6) is 0 Å². The summed E-state index contributed by atoms with van der Waals surface area (Å²) in [6, 6.07) is 14.6. The molecule has 2 rings (SSSR count). The molecule has 0 aliphatic rings. The van der Waals surface area contributed by atoms with Gasteiger partial charge in [-0.3, -0.25) is 9.59 Å². The van der Waals surface area contributed by atoms with Crippen molar-refractivity contribution in [3.8, 4) is 11.1 Å². The number of carbonyl (C=O) groups excluding carboxylic acids is 1. The Hall–Kier alpha value is -1.78. The fourth-order valence-electron chi connectivity index (χ4n) is 1.97. The third kappa shape index (κ3) is 4.12. The Labute approximate surface area is 138 Å². The van der Waals surface area contributed by atoms with E-state index in [1.54, 1.807) is 31.2 Å². The van der Waals surface area contributed by atoms with Crippen molar-refractivity contribution in [2.75, 3.05) is 0 Å². The van der Waals surface area contributed by atoms with Crippen LogP contribution >= 0.6 is 23.4 Å². The van der Waals surface area contributed by atoms with Crippen molar-refractivity contribution in [2.45, 2.75) is 18.6 Å². The highest BCUT2D eigenvalue weighted by Crippen LogP contribution is 2.32. The van der Waals surface area contributed by atoms with Gasteiger partial charge in [0.2, 0.25) is 0 Å². The molecule has 1 atom stereocenters. The minimum Gasteiger partial charge on any atom is -0.480 e. The number of halogens is 1. The quantitative estimate of drug-likeness (QED) is 0.853. The lowest BCUT2D eigenvalue weighted by atomic mass is 10.0. The zero-order chi connectivity index (χ0) is 16.1. The zero-order valence-electron chi connectivity index (χ0n) is 12.0. The lowest BCUT2D eigenvalue weighted by molar-refractivity contribution is -0.136. The smallest absolute Gasteiger partial charge is 0.321 e. The predicted molar refractivity (Wildman–Crippen MR) is 90.2 cm³/mol. The lowest BCUT2D eigenvalue weighted by Gasteiger charge is -2.12. The van der Waals surface area contributed by atoms with Crippen molar-refractivity contribution in [3.05, 3.63) is 59.1 Å². The van der Waals surface area contributed by atoms with E-state index in [0.717, 1.165) is 22.9 Å². The molecule has 0 spiro atoms. The minimum absolute atomic E-state index is 0.130. The Bertz CT molecular complexity index is 665. The van der Waals surface area contributed by atoms with Crippen LogP contribution in [-0.4, -0.2) is 16.2 Å². The summed E-state index contributed by atoms with van der Waals surface area (Å²) < 4.78 is 0. The number of carbonyl (C=O) groups is 2. The second-order valence-corrected chi connectivity index (χ2v) is 6.29. The van der Waals surface area contributed by atoms with Gasteiger partial charge in [0.15, 0.2) is 5.12 Å². The normalized spacial score (nSPS) is 11.9. The number of rotatable bonds is 5. The van der Waals surface area contributed by atoms with Gasteiger partial charge in [0.25, 0.3) is 0 Å². The number of carboxylic acids is 1. The number of benzene rings is 2. The number of thioether (sulfide) groups is 1. The van der Waals surface area contributed by atoms with E-state index >= 15 is 0 Å². The van der Waals surface area contributed by atoms with Crippen molar-refractivity contribution in [1.82, 2.24) is 0 Å². The first-order valence-corrected chi connectivity index (χ1v) is 8.05. The van der Waals surface area contributed by atoms with Gasteiger partial charge in [-0.25, -0.2) is 0 Å². The van der Waals surface area contributed by atoms with Gasteiger partial charge in [0.05, 0.1) is 0 Å². The molecule has 0 amide bonds. The van der Waals surface area contributed by atoms with E-state index in [1.165, 1.54) is 0 Å². The summed E-state index contributed by atoms with van der Waals surface area (Å²) in [5.41, 5.74) is 2.58. The topological polar surface area (TPSA) is 54.4 Å². The Kier molecular flexibility index (Phi) is 5.63. The summed E-state index contributed by atoms with van der Waals surface area (Å²) in [7, 11) is 0. The molecule has 0 heterocycles. The van der Waals surface area contributed by atoms with Gasteiger partial charge in [0.1, 0.15) is 5.25 Å². The van der Waals surface area contributed by atoms with Crippen molar-refractivity contribution in [3.63, 3.8) is 0 Å². The Morgan fingerprint density at radius 2 is 1.55 bits per heavy atom. The van der Waals surface area contributed by atoms with Crippen LogP contribution in [0.1, 0.15) is 24.2 Å². The molecule has 2 aromatic carbocycles. The monoisotopic (exact) mass is 334 g/mol. The Morgan fingerprint density at radius 1 is 1.05 bits per heavy atom. The number of carboxylic acid groups (broad SMARTS) is 1. The molecular weight excluding hydrogens is 320 g/mol. The SMILES string of the molecule is CCC(=O)SC(C(=O)O)c1ccc(-c2ccc(Cl)cc2)cc1. The maximum Gasteiger partial charge on any atom is 0.321 e. The van der Waals surface area contributed by atoms with E-state index in [9.17, 15) is 14.7 Å². The molecule has 22 heavy (non-hydrogen) atoms. The van der Waals surface area contributed by atoms with Crippen LogP contribution in [0.3, 0.4) is 0 Å². The van der Waals surface area contributed by atoms with Crippen LogP contribution in [0.4, 0.5) is 0 Å². The van der Waals surface area contributed by atoms with Gasteiger partial charge >= 0.3 is 5.97 Å². The van der Waals surface area contributed by atoms with Gasteiger partial charge in [-0.15, -0.1) is 0 Å². The molecule has 0 bridgehead atoms. The highest BCUT2D eigenvalue weighted by molar-refractivity contribution is 8.14. The van der Waals surface area contributed by atoms with Crippen LogP contribution < -0.4 is 0 Å². The maximum atomic E-state index is 11.5. The highest BCUT2D eigenvalue weighted by atomic mass is 35.5. The molecule has 0 fully saturated rings. The van der Waals surface area contributed by atoms with Crippen molar-refractivity contribution in [2.24, 2.45) is 0 Å². The van der Waals surface area contributed by atoms with Gasteiger partial charge in [-0.1, -0.05) is 66.7 Å². The van der Waals surface area contributed by atoms with Gasteiger partial charge in [-0.05, 0) is 28.8 Å². The average molecular weight is 335 g/mol. The summed E-state index contributed by atoms with van der Waals surface area (Å²) >= 11 is 6.72. The molecular formula is C17H15ClO3S. The first-order chi connectivity index (χ1) is 10.5. The van der Waals surface area contributed by atoms with E-state index in [0.29, 0.717) is 17.0 Å². The molecule has 0 saturated heterocycles. The average Bonchev–Trinajstić information content (AvgIpc) is 2.53. The van der Waals surface area contributed by atoms with E-state index in [4.69, 9.17) is 11.6 Å². The molecule has 1 N–H and O–H groups in total. The fourth-order valence-corrected chi connectivity index (χ4v) is 2.92. The number of hydrogen-bond donors (Lipinski definition) is 1. The van der Waals surface area contributed by atoms with Crippen LogP contribution in [0.25, 0.3) is 11.1 Å². The first kappa shape index (κ1) is 16.6. The van der Waals surface area contributed by atoms with Crippen molar-refractivity contribution >= 4 is 34.4 Å². The minimum atomic E-state index is -1.01. The third-order valence-corrected chi connectivity index (χ3v) is 4.67. The van der Waals surface area contributed by atoms with Gasteiger partial charge < -0.3 is 5.11 Å². The standard InChI is InChI=1S/C17H15ClO3S/c1-2-15(19)22-16(17(20)21)13-5-3-11(4-6-13)12-7-9-14(18)10-8-12/h3-10,16H,2H2,1H3,(H,20,21). The molecule has 1 unspecified atom stereocenters. The van der Waals surface area contributed by atoms with Crippen LogP contribution in [0, 0.1) is 0 Å². The highest BCUT2D eigenvalue weighted by Gasteiger charge is 2.23. The third-order valence-electron chi connectivity index (χ3n) is 3.15. The van der Waals surface area contributed by atoms with E-state index in [2.05, 4.69) is 0 Å². The maximum absolute atomic E-state index is 11.5. The molecule has 0 aliphatic heterocycles. The molecule has 3 nitrogen and oxygen atoms in total. The summed E-state index contributed by atoms with van der Waals surface area (Å²) in [6.07, 6.45) is 0.317.